The molecule has 0 saturated heterocycles. The van der Waals surface area contributed by atoms with Crippen LogP contribution in [-0.2, 0) is 0 Å². The standard InChI is InChI=1S/C10H9ClO3/c1-6-7(5-12)3-8(14-2)4-9(6)10(11)13/h3-5H,1-2H3. The molecule has 0 unspecified atom stereocenters. The van der Waals surface area contributed by atoms with Crippen LogP contribution in [0.1, 0.15) is 26.3 Å². The maximum absolute atomic E-state index is 11.0. The highest BCUT2D eigenvalue weighted by Gasteiger charge is 2.11. The molecular formula is C10H9ClO3. The highest BCUT2D eigenvalue weighted by atomic mass is 35.5. The molecule has 0 aliphatic carbocycles. The molecular weight excluding hydrogens is 204 g/mol. The van der Waals surface area contributed by atoms with Gasteiger partial charge in [0.05, 0.1) is 7.11 Å². The van der Waals surface area contributed by atoms with Crippen molar-refractivity contribution in [2.24, 2.45) is 0 Å². The van der Waals surface area contributed by atoms with Gasteiger partial charge in [0.15, 0.2) is 0 Å². The summed E-state index contributed by atoms with van der Waals surface area (Å²) in [6.45, 7) is 1.67. The van der Waals surface area contributed by atoms with Gasteiger partial charge in [-0.25, -0.2) is 0 Å². The molecule has 0 N–H and O–H groups in total. The first-order valence-electron chi connectivity index (χ1n) is 3.93. The molecule has 0 aliphatic rings. The van der Waals surface area contributed by atoms with Gasteiger partial charge in [-0.2, -0.15) is 0 Å². The molecule has 0 amide bonds. The number of halogens is 1. The number of carbonyl (C=O) groups is 2. The smallest absolute Gasteiger partial charge is 0.252 e. The zero-order valence-electron chi connectivity index (χ0n) is 7.83. The average molecular weight is 213 g/mol. The van der Waals surface area contributed by atoms with Crippen molar-refractivity contribution in [3.05, 3.63) is 28.8 Å². The number of benzene rings is 1. The van der Waals surface area contributed by atoms with E-state index in [0.29, 0.717) is 28.7 Å². The molecule has 0 aromatic heterocycles. The molecule has 0 fully saturated rings. The normalized spacial score (nSPS) is 9.64. The predicted octanol–water partition coefficient (Wildman–Crippen LogP) is 2.20. The van der Waals surface area contributed by atoms with E-state index in [1.165, 1.54) is 13.2 Å². The van der Waals surface area contributed by atoms with E-state index >= 15 is 0 Å². The van der Waals surface area contributed by atoms with Gasteiger partial charge >= 0.3 is 0 Å². The minimum absolute atomic E-state index is 0.299. The molecule has 1 aromatic carbocycles. The third-order valence-corrected chi connectivity index (χ3v) is 2.20. The Bertz CT molecular complexity index is 385. The third-order valence-electron chi connectivity index (χ3n) is 2.00. The number of hydrogen-bond donors (Lipinski definition) is 0. The molecule has 0 bridgehead atoms. The van der Waals surface area contributed by atoms with Crippen LogP contribution in [-0.4, -0.2) is 18.6 Å². The summed E-state index contributed by atoms with van der Waals surface area (Å²) in [5.74, 6) is 0.446. The van der Waals surface area contributed by atoms with Crippen LogP contribution in [0.25, 0.3) is 0 Å². The fourth-order valence-corrected chi connectivity index (χ4v) is 1.35. The van der Waals surface area contributed by atoms with Crippen molar-refractivity contribution in [2.75, 3.05) is 7.11 Å². The van der Waals surface area contributed by atoms with Crippen LogP contribution in [0.15, 0.2) is 12.1 Å². The van der Waals surface area contributed by atoms with Gasteiger partial charge < -0.3 is 4.74 Å². The Morgan fingerprint density at radius 1 is 1.50 bits per heavy atom. The number of methoxy groups -OCH3 is 1. The molecule has 14 heavy (non-hydrogen) atoms. The van der Waals surface area contributed by atoms with Gasteiger partial charge in [0, 0.05) is 11.1 Å². The van der Waals surface area contributed by atoms with Crippen LogP contribution >= 0.6 is 11.6 Å². The fraction of sp³-hybridized carbons (Fsp3) is 0.200. The highest BCUT2D eigenvalue weighted by Crippen LogP contribution is 2.22. The van der Waals surface area contributed by atoms with E-state index in [9.17, 15) is 9.59 Å². The van der Waals surface area contributed by atoms with Gasteiger partial charge in [0.25, 0.3) is 5.24 Å². The van der Waals surface area contributed by atoms with Crippen molar-refractivity contribution < 1.29 is 14.3 Å². The van der Waals surface area contributed by atoms with E-state index in [0.717, 1.165) is 0 Å². The Labute approximate surface area is 86.6 Å². The largest absolute Gasteiger partial charge is 0.497 e. The first kappa shape index (κ1) is 10.7. The monoisotopic (exact) mass is 212 g/mol. The fourth-order valence-electron chi connectivity index (χ4n) is 1.15. The van der Waals surface area contributed by atoms with Crippen molar-refractivity contribution in [3.8, 4) is 5.75 Å². The Morgan fingerprint density at radius 2 is 2.14 bits per heavy atom. The maximum Gasteiger partial charge on any atom is 0.252 e. The van der Waals surface area contributed by atoms with Crippen LogP contribution in [0, 0.1) is 6.92 Å². The van der Waals surface area contributed by atoms with Crippen molar-refractivity contribution in [2.45, 2.75) is 6.92 Å². The molecule has 4 heteroatoms. The molecule has 74 valence electrons. The van der Waals surface area contributed by atoms with Crippen molar-refractivity contribution in [1.29, 1.82) is 0 Å². The van der Waals surface area contributed by atoms with Gasteiger partial charge in [-0.3, -0.25) is 9.59 Å². The molecule has 3 nitrogen and oxygen atoms in total. The maximum atomic E-state index is 11.0. The van der Waals surface area contributed by atoms with E-state index in [2.05, 4.69) is 0 Å². The van der Waals surface area contributed by atoms with Crippen LogP contribution < -0.4 is 4.74 Å². The molecule has 0 heterocycles. The summed E-state index contributed by atoms with van der Waals surface area (Å²) in [4.78, 5) is 21.7. The van der Waals surface area contributed by atoms with Crippen LogP contribution in [0.3, 0.4) is 0 Å². The Kier molecular flexibility index (Phi) is 3.25. The first-order valence-corrected chi connectivity index (χ1v) is 4.31. The Hall–Kier alpha value is -1.35. The zero-order chi connectivity index (χ0) is 10.7. The highest BCUT2D eigenvalue weighted by molar-refractivity contribution is 6.68. The lowest BCUT2D eigenvalue weighted by molar-refractivity contribution is 0.108. The second-order valence-corrected chi connectivity index (χ2v) is 3.12. The Balaban J connectivity index is 3.41. The summed E-state index contributed by atoms with van der Waals surface area (Å²) in [5.41, 5.74) is 1.28. The third kappa shape index (κ3) is 1.93. The average Bonchev–Trinajstić information content (AvgIpc) is 2.17. The summed E-state index contributed by atoms with van der Waals surface area (Å²) in [6, 6.07) is 3.07. The summed E-state index contributed by atoms with van der Waals surface area (Å²) in [6.07, 6.45) is 0.668. The molecule has 1 rings (SSSR count). The van der Waals surface area contributed by atoms with Crippen molar-refractivity contribution in [1.82, 2.24) is 0 Å². The van der Waals surface area contributed by atoms with E-state index in [-0.39, 0.29) is 0 Å². The minimum atomic E-state index is -0.593. The summed E-state index contributed by atoms with van der Waals surface area (Å²) >= 11 is 5.36. The summed E-state index contributed by atoms with van der Waals surface area (Å²) < 4.78 is 4.93. The molecule has 0 radical (unpaired) electrons. The quantitative estimate of drug-likeness (QED) is 0.570. The lowest BCUT2D eigenvalue weighted by atomic mass is 10.0. The van der Waals surface area contributed by atoms with Gasteiger partial charge in [-0.1, -0.05) is 0 Å². The van der Waals surface area contributed by atoms with Gasteiger partial charge in [0.1, 0.15) is 12.0 Å². The van der Waals surface area contributed by atoms with E-state index in [1.54, 1.807) is 13.0 Å². The number of ether oxygens (including phenoxy) is 1. The van der Waals surface area contributed by atoms with Crippen molar-refractivity contribution in [3.63, 3.8) is 0 Å². The molecule has 1 aromatic rings. The van der Waals surface area contributed by atoms with Gasteiger partial charge in [0.2, 0.25) is 0 Å². The lowest BCUT2D eigenvalue weighted by Gasteiger charge is -2.07. The summed E-state index contributed by atoms with van der Waals surface area (Å²) in [7, 11) is 1.46. The molecule has 0 spiro atoms. The number of hydrogen-bond acceptors (Lipinski definition) is 3. The van der Waals surface area contributed by atoms with Crippen LogP contribution in [0.4, 0.5) is 0 Å². The van der Waals surface area contributed by atoms with E-state index < -0.39 is 5.24 Å². The van der Waals surface area contributed by atoms with E-state index in [1.807, 2.05) is 0 Å². The summed E-state index contributed by atoms with van der Waals surface area (Å²) in [5, 5.41) is -0.593. The molecule has 0 aliphatic heterocycles. The molecule has 0 atom stereocenters. The SMILES string of the molecule is COc1cc(C=O)c(C)c(C(=O)Cl)c1. The lowest BCUT2D eigenvalue weighted by Crippen LogP contribution is -1.99. The Morgan fingerprint density at radius 3 is 2.57 bits per heavy atom. The van der Waals surface area contributed by atoms with Crippen LogP contribution in [0.2, 0.25) is 0 Å². The number of rotatable bonds is 3. The van der Waals surface area contributed by atoms with Crippen molar-refractivity contribution >= 4 is 23.1 Å². The number of carbonyl (C=O) groups excluding carboxylic acids is 2. The molecule has 0 saturated carbocycles. The van der Waals surface area contributed by atoms with E-state index in [4.69, 9.17) is 16.3 Å². The first-order chi connectivity index (χ1) is 6.60. The predicted molar refractivity (Wildman–Crippen MR) is 53.3 cm³/mol. The van der Waals surface area contributed by atoms with Crippen LogP contribution in [0.5, 0.6) is 5.75 Å². The second kappa shape index (κ2) is 4.24. The van der Waals surface area contributed by atoms with Gasteiger partial charge in [-0.15, -0.1) is 0 Å². The number of aldehydes is 1. The topological polar surface area (TPSA) is 43.4 Å². The second-order valence-electron chi connectivity index (χ2n) is 2.78. The zero-order valence-corrected chi connectivity index (χ0v) is 8.59. The van der Waals surface area contributed by atoms with Gasteiger partial charge in [-0.05, 0) is 36.2 Å². The minimum Gasteiger partial charge on any atom is -0.497 e.